The zero-order valence-electron chi connectivity index (χ0n) is 9.01. The van der Waals surface area contributed by atoms with Gasteiger partial charge in [0.25, 0.3) is 0 Å². The highest BCUT2D eigenvalue weighted by Gasteiger charge is 2.11. The molecule has 0 radical (unpaired) electrons. The van der Waals surface area contributed by atoms with Crippen molar-refractivity contribution in [2.24, 2.45) is 0 Å². The highest BCUT2D eigenvalue weighted by Crippen LogP contribution is 2.17. The third-order valence-corrected chi connectivity index (χ3v) is 2.15. The minimum absolute atomic E-state index is 0.0431. The van der Waals surface area contributed by atoms with Crippen molar-refractivity contribution in [2.45, 2.75) is 0 Å². The van der Waals surface area contributed by atoms with Crippen LogP contribution in [0.25, 0.3) is 11.3 Å². The lowest BCUT2D eigenvalue weighted by atomic mass is 10.1. The topological polar surface area (TPSA) is 55.0 Å². The minimum Gasteiger partial charge on any atom is -0.448 e. The van der Waals surface area contributed by atoms with Gasteiger partial charge in [0.05, 0.1) is 5.69 Å². The number of carbonyl (C=O) groups is 1. The Hall–Kier alpha value is -2.54. The lowest BCUT2D eigenvalue weighted by Gasteiger charge is -1.95. The van der Waals surface area contributed by atoms with E-state index in [1.807, 2.05) is 30.3 Å². The van der Waals surface area contributed by atoms with E-state index in [2.05, 4.69) is 16.1 Å². The molecule has 0 unspecified atom stereocenters. The van der Waals surface area contributed by atoms with E-state index in [-0.39, 0.29) is 6.61 Å². The summed E-state index contributed by atoms with van der Waals surface area (Å²) in [6.45, 7) is -0.0431. The van der Waals surface area contributed by atoms with Crippen molar-refractivity contribution in [3.05, 3.63) is 42.1 Å². The molecule has 2 rings (SSSR count). The summed E-state index contributed by atoms with van der Waals surface area (Å²) in [4.78, 5) is 11.5. The van der Waals surface area contributed by atoms with Gasteiger partial charge >= 0.3 is 5.97 Å². The highest BCUT2D eigenvalue weighted by atomic mass is 16.5. The number of H-pyrrole nitrogens is 1. The summed E-state index contributed by atoms with van der Waals surface area (Å²) in [7, 11) is 0. The van der Waals surface area contributed by atoms with Crippen molar-refractivity contribution >= 4 is 5.97 Å². The fourth-order valence-corrected chi connectivity index (χ4v) is 1.37. The molecule has 0 aliphatic carbocycles. The molecule has 4 nitrogen and oxygen atoms in total. The zero-order chi connectivity index (χ0) is 12.1. The predicted octanol–water partition coefficient (Wildman–Crippen LogP) is 1.87. The third-order valence-electron chi connectivity index (χ3n) is 2.15. The van der Waals surface area contributed by atoms with Gasteiger partial charge < -0.3 is 4.74 Å². The molecule has 0 saturated carbocycles. The Balaban J connectivity index is 2.17. The van der Waals surface area contributed by atoms with Gasteiger partial charge in [0.2, 0.25) is 0 Å². The number of nitrogens with zero attached hydrogens (tertiary/aromatic N) is 1. The van der Waals surface area contributed by atoms with Crippen molar-refractivity contribution in [3.63, 3.8) is 0 Å². The molecule has 0 saturated heterocycles. The van der Waals surface area contributed by atoms with Crippen LogP contribution in [0.2, 0.25) is 0 Å². The zero-order valence-corrected chi connectivity index (χ0v) is 9.01. The molecular weight excluding hydrogens is 216 g/mol. The number of rotatable bonds is 3. The van der Waals surface area contributed by atoms with E-state index >= 15 is 0 Å². The molecule has 1 aromatic heterocycles. The van der Waals surface area contributed by atoms with Crippen LogP contribution in [0.15, 0.2) is 36.4 Å². The van der Waals surface area contributed by atoms with Gasteiger partial charge in [0.1, 0.15) is 5.69 Å². The van der Waals surface area contributed by atoms with Gasteiger partial charge in [-0.2, -0.15) is 5.10 Å². The van der Waals surface area contributed by atoms with Crippen LogP contribution in [0.5, 0.6) is 0 Å². The maximum atomic E-state index is 11.5. The van der Waals surface area contributed by atoms with Crippen LogP contribution in [-0.4, -0.2) is 22.8 Å². The summed E-state index contributed by atoms with van der Waals surface area (Å²) in [6.07, 6.45) is 5.00. The third kappa shape index (κ3) is 2.52. The number of carbonyl (C=O) groups excluding carboxylic acids is 1. The Morgan fingerprint density at radius 2 is 2.18 bits per heavy atom. The van der Waals surface area contributed by atoms with Gasteiger partial charge in [0, 0.05) is 5.56 Å². The second-order valence-electron chi connectivity index (χ2n) is 3.31. The molecule has 0 fully saturated rings. The summed E-state index contributed by atoms with van der Waals surface area (Å²) in [6, 6.07) is 11.2. The number of hydrogen-bond acceptors (Lipinski definition) is 3. The Labute approximate surface area is 98.6 Å². The van der Waals surface area contributed by atoms with E-state index < -0.39 is 5.97 Å². The van der Waals surface area contributed by atoms with E-state index in [0.717, 1.165) is 5.56 Å². The van der Waals surface area contributed by atoms with Crippen molar-refractivity contribution in [3.8, 4) is 23.6 Å². The molecule has 4 heteroatoms. The van der Waals surface area contributed by atoms with Gasteiger partial charge in [-0.25, -0.2) is 4.79 Å². The highest BCUT2D eigenvalue weighted by molar-refractivity contribution is 5.88. The van der Waals surface area contributed by atoms with Crippen molar-refractivity contribution in [1.82, 2.24) is 10.2 Å². The Bertz CT molecular complexity index is 552. The van der Waals surface area contributed by atoms with Gasteiger partial charge in [-0.15, -0.1) is 6.42 Å². The Morgan fingerprint density at radius 3 is 2.88 bits per heavy atom. The number of ether oxygens (including phenoxy) is 1. The maximum absolute atomic E-state index is 11.5. The molecule has 0 amide bonds. The van der Waals surface area contributed by atoms with E-state index in [9.17, 15) is 4.79 Å². The summed E-state index contributed by atoms with van der Waals surface area (Å²) in [5.41, 5.74) is 1.91. The molecule has 0 aliphatic heterocycles. The second kappa shape index (κ2) is 4.99. The molecule has 17 heavy (non-hydrogen) atoms. The number of terminal acetylenes is 1. The van der Waals surface area contributed by atoms with Gasteiger partial charge in [-0.3, -0.25) is 5.10 Å². The number of nitrogens with one attached hydrogen (secondary N) is 1. The monoisotopic (exact) mass is 226 g/mol. The SMILES string of the molecule is C#CCOC(=O)c1cc(-c2ccccc2)n[nH]1. The predicted molar refractivity (Wildman–Crippen MR) is 63.1 cm³/mol. The summed E-state index contributed by atoms with van der Waals surface area (Å²) < 4.78 is 4.78. The lowest BCUT2D eigenvalue weighted by molar-refractivity contribution is 0.0550. The molecule has 0 bridgehead atoms. The van der Waals surface area contributed by atoms with Crippen LogP contribution >= 0.6 is 0 Å². The molecule has 1 heterocycles. The molecule has 0 atom stereocenters. The van der Waals surface area contributed by atoms with Crippen molar-refractivity contribution < 1.29 is 9.53 Å². The fraction of sp³-hybridized carbons (Fsp3) is 0.0769. The van der Waals surface area contributed by atoms with E-state index in [0.29, 0.717) is 11.4 Å². The maximum Gasteiger partial charge on any atom is 0.357 e. The normalized spacial score (nSPS) is 9.59. The van der Waals surface area contributed by atoms with Gasteiger partial charge in [-0.1, -0.05) is 36.3 Å². The number of hydrogen-bond donors (Lipinski definition) is 1. The second-order valence-corrected chi connectivity index (χ2v) is 3.31. The summed E-state index contributed by atoms with van der Waals surface area (Å²) >= 11 is 0. The Morgan fingerprint density at radius 1 is 1.41 bits per heavy atom. The minimum atomic E-state index is -0.502. The smallest absolute Gasteiger partial charge is 0.357 e. The lowest BCUT2D eigenvalue weighted by Crippen LogP contribution is -2.05. The van der Waals surface area contributed by atoms with E-state index in [1.54, 1.807) is 6.07 Å². The van der Waals surface area contributed by atoms with Gasteiger partial charge in [-0.05, 0) is 6.07 Å². The van der Waals surface area contributed by atoms with Crippen molar-refractivity contribution in [2.75, 3.05) is 6.61 Å². The molecule has 0 aliphatic rings. The first kappa shape index (κ1) is 11.0. The molecular formula is C13H10N2O2. The molecule has 1 N–H and O–H groups in total. The number of esters is 1. The first-order valence-corrected chi connectivity index (χ1v) is 5.02. The number of aromatic nitrogens is 2. The van der Waals surface area contributed by atoms with Crippen LogP contribution < -0.4 is 0 Å². The average molecular weight is 226 g/mol. The van der Waals surface area contributed by atoms with Crippen LogP contribution in [0, 0.1) is 12.3 Å². The van der Waals surface area contributed by atoms with Crippen LogP contribution in [0.4, 0.5) is 0 Å². The summed E-state index contributed by atoms with van der Waals surface area (Å²) in [5, 5.41) is 6.66. The van der Waals surface area contributed by atoms with E-state index in [4.69, 9.17) is 11.2 Å². The summed E-state index contributed by atoms with van der Waals surface area (Å²) in [5.74, 6) is 1.73. The van der Waals surface area contributed by atoms with Crippen LogP contribution in [0.1, 0.15) is 10.5 Å². The molecule has 0 spiro atoms. The number of benzene rings is 1. The van der Waals surface area contributed by atoms with Crippen molar-refractivity contribution in [1.29, 1.82) is 0 Å². The van der Waals surface area contributed by atoms with Crippen LogP contribution in [0.3, 0.4) is 0 Å². The quantitative estimate of drug-likeness (QED) is 0.642. The number of aromatic amines is 1. The fourth-order valence-electron chi connectivity index (χ4n) is 1.37. The first-order chi connectivity index (χ1) is 8.31. The van der Waals surface area contributed by atoms with Gasteiger partial charge in [0.15, 0.2) is 6.61 Å². The average Bonchev–Trinajstić information content (AvgIpc) is 2.86. The molecule has 2 aromatic rings. The standard InChI is InChI=1S/C13H10N2O2/c1-2-8-17-13(16)12-9-11(14-15-12)10-6-4-3-5-7-10/h1,3-7,9H,8H2,(H,14,15). The molecule has 84 valence electrons. The first-order valence-electron chi connectivity index (χ1n) is 5.02. The largest absolute Gasteiger partial charge is 0.448 e. The van der Waals surface area contributed by atoms with Crippen LogP contribution in [-0.2, 0) is 4.74 Å². The van der Waals surface area contributed by atoms with E-state index in [1.165, 1.54) is 0 Å². The Kier molecular flexibility index (Phi) is 3.22. The molecule has 1 aromatic carbocycles.